The zero-order valence-corrected chi connectivity index (χ0v) is 18.6. The Morgan fingerprint density at radius 3 is 2.31 bits per heavy atom. The van der Waals surface area contributed by atoms with E-state index in [0.717, 1.165) is 19.9 Å². The summed E-state index contributed by atoms with van der Waals surface area (Å²) < 4.78 is 52.4. The first-order chi connectivity index (χ1) is 17.1. The zero-order chi connectivity index (χ0) is 25.9. The third-order valence-electron chi connectivity index (χ3n) is 5.81. The number of aromatic hydroxyl groups is 2. The van der Waals surface area contributed by atoms with Gasteiger partial charge in [0.1, 0.15) is 17.1 Å². The van der Waals surface area contributed by atoms with E-state index in [9.17, 15) is 24.6 Å². The summed E-state index contributed by atoms with van der Waals surface area (Å²) in [5, 5.41) is 20.7. The van der Waals surface area contributed by atoms with Crippen LogP contribution in [0.3, 0.4) is 0 Å². The largest absolute Gasteiger partial charge is 0.508 e. The topological polar surface area (TPSA) is 129 Å². The first-order valence-corrected chi connectivity index (χ1v) is 10.5. The maximum absolute atomic E-state index is 15.7. The predicted molar refractivity (Wildman–Crippen MR) is 114 cm³/mol. The smallest absolute Gasteiger partial charge is 0.340 e. The molecule has 9 nitrogen and oxygen atoms in total. The summed E-state index contributed by atoms with van der Waals surface area (Å²) in [5.74, 6) is -8.68. The van der Waals surface area contributed by atoms with Gasteiger partial charge in [0.15, 0.2) is 22.9 Å². The van der Waals surface area contributed by atoms with Crippen molar-refractivity contribution in [3.63, 3.8) is 0 Å². The summed E-state index contributed by atoms with van der Waals surface area (Å²) in [6.45, 7) is 1.93. The third-order valence-corrected chi connectivity index (χ3v) is 5.81. The second-order valence-corrected chi connectivity index (χ2v) is 8.04. The van der Waals surface area contributed by atoms with Gasteiger partial charge in [-0.1, -0.05) is 18.2 Å². The minimum Gasteiger partial charge on any atom is -0.508 e. The Morgan fingerprint density at radius 2 is 1.64 bits per heavy atom. The van der Waals surface area contributed by atoms with Crippen LogP contribution in [0.2, 0.25) is 0 Å². The molecule has 1 unspecified atom stereocenters. The number of carbonyl (C=O) groups excluding carboxylic acids is 3. The third kappa shape index (κ3) is 3.16. The highest BCUT2D eigenvalue weighted by atomic mass is 19.2. The Labute approximate surface area is 201 Å². The first-order valence-electron chi connectivity index (χ1n) is 10.5. The van der Waals surface area contributed by atoms with Crippen LogP contribution >= 0.6 is 0 Å². The van der Waals surface area contributed by atoms with E-state index in [1.807, 2.05) is 0 Å². The van der Waals surface area contributed by atoms with Crippen molar-refractivity contribution in [2.24, 2.45) is 0 Å². The van der Waals surface area contributed by atoms with Crippen molar-refractivity contribution in [1.29, 1.82) is 0 Å². The molecular weight excluding hydrogens is 482 g/mol. The van der Waals surface area contributed by atoms with Crippen LogP contribution in [0.4, 0.5) is 8.78 Å². The fraction of sp³-hybridized carbons (Fsp3) is 0.160. The Balaban J connectivity index is 1.93. The normalized spacial score (nSPS) is 17.1. The van der Waals surface area contributed by atoms with Gasteiger partial charge < -0.3 is 29.2 Å². The second-order valence-electron chi connectivity index (χ2n) is 8.04. The van der Waals surface area contributed by atoms with Gasteiger partial charge in [0.25, 0.3) is 6.29 Å². The van der Waals surface area contributed by atoms with E-state index >= 15 is 8.78 Å². The number of phenols is 2. The zero-order valence-electron chi connectivity index (χ0n) is 18.6. The highest BCUT2D eigenvalue weighted by Gasteiger charge is 2.57. The molecule has 0 amide bonds. The molecule has 2 aliphatic rings. The van der Waals surface area contributed by atoms with Crippen molar-refractivity contribution in [3.8, 4) is 23.0 Å². The molecule has 0 radical (unpaired) electrons. The fourth-order valence-electron chi connectivity index (χ4n) is 4.49. The Kier molecular flexibility index (Phi) is 5.09. The van der Waals surface area contributed by atoms with E-state index < -0.39 is 64.1 Å². The van der Waals surface area contributed by atoms with Gasteiger partial charge in [0.2, 0.25) is 5.82 Å². The van der Waals surface area contributed by atoms with E-state index in [1.54, 1.807) is 12.1 Å². The molecular formula is C25H16F2O9. The van der Waals surface area contributed by atoms with Crippen molar-refractivity contribution in [2.75, 3.05) is 0 Å². The molecule has 0 aromatic heterocycles. The molecule has 0 aliphatic carbocycles. The van der Waals surface area contributed by atoms with Gasteiger partial charge in [-0.15, -0.1) is 0 Å². The summed E-state index contributed by atoms with van der Waals surface area (Å²) in [6.07, 6.45) is -2.06. The van der Waals surface area contributed by atoms with E-state index in [4.69, 9.17) is 18.9 Å². The fourth-order valence-corrected chi connectivity index (χ4v) is 4.49. The lowest BCUT2D eigenvalue weighted by Gasteiger charge is -2.38. The van der Waals surface area contributed by atoms with E-state index in [1.165, 1.54) is 24.3 Å². The van der Waals surface area contributed by atoms with Crippen molar-refractivity contribution in [3.05, 3.63) is 81.9 Å². The van der Waals surface area contributed by atoms with E-state index in [-0.39, 0.29) is 28.2 Å². The number of phenolic OH excluding ortho intramolecular Hbond substituents is 2. The number of hydrogen-bond donors (Lipinski definition) is 2. The molecule has 1 spiro atoms. The number of fused-ring (bicyclic) bond motifs is 6. The van der Waals surface area contributed by atoms with Crippen LogP contribution in [0, 0.1) is 11.6 Å². The average molecular weight is 498 g/mol. The molecule has 0 saturated carbocycles. The highest BCUT2D eigenvalue weighted by Crippen LogP contribution is 2.60. The lowest BCUT2D eigenvalue weighted by molar-refractivity contribution is -0.187. The van der Waals surface area contributed by atoms with E-state index in [2.05, 4.69) is 0 Å². The van der Waals surface area contributed by atoms with Crippen molar-refractivity contribution in [1.82, 2.24) is 0 Å². The average Bonchev–Trinajstić information content (AvgIpc) is 3.09. The molecule has 3 aromatic rings. The van der Waals surface area contributed by atoms with Gasteiger partial charge in [-0.05, 0) is 18.2 Å². The first kappa shape index (κ1) is 23.1. The number of hydrogen-bond acceptors (Lipinski definition) is 9. The summed E-state index contributed by atoms with van der Waals surface area (Å²) >= 11 is 0. The van der Waals surface area contributed by atoms with Crippen LogP contribution in [-0.4, -0.2) is 28.1 Å². The van der Waals surface area contributed by atoms with Gasteiger partial charge in [0.05, 0.1) is 11.1 Å². The highest BCUT2D eigenvalue weighted by molar-refractivity contribution is 5.97. The molecule has 2 aliphatic heterocycles. The Bertz CT molecular complexity index is 1470. The number of halogens is 2. The molecule has 0 bridgehead atoms. The minimum absolute atomic E-state index is 0.0394. The van der Waals surface area contributed by atoms with E-state index in [0.29, 0.717) is 0 Å². The standard InChI is InChI=1S/C25H16F2O9/c1-10(28)33-24(34-11(2)29)17-21(31)20(27)19(26)18-22(17)35-16-9-12(30)7-8-15(16)25(18)14-6-4-3-5-13(14)23(32)36-25/h3-9,24,30-31H,1-2H3. The second kappa shape index (κ2) is 7.94. The maximum Gasteiger partial charge on any atom is 0.340 e. The van der Waals surface area contributed by atoms with Crippen LogP contribution in [-0.2, 0) is 29.4 Å². The lowest BCUT2D eigenvalue weighted by Crippen LogP contribution is -2.35. The Hall–Kier alpha value is -4.67. The van der Waals surface area contributed by atoms with Crippen molar-refractivity contribution in [2.45, 2.75) is 25.7 Å². The molecule has 0 fully saturated rings. The molecule has 2 heterocycles. The minimum atomic E-state index is -2.13. The van der Waals surface area contributed by atoms with Crippen LogP contribution in [0.1, 0.15) is 52.7 Å². The molecule has 0 saturated heterocycles. The number of rotatable bonds is 3. The van der Waals surface area contributed by atoms with Crippen molar-refractivity contribution >= 4 is 17.9 Å². The predicted octanol–water partition coefficient (Wildman–Crippen LogP) is 4.07. The molecule has 1 atom stereocenters. The number of ether oxygens (including phenoxy) is 4. The molecule has 11 heteroatoms. The van der Waals surface area contributed by atoms with Gasteiger partial charge in [-0.3, -0.25) is 9.59 Å². The number of benzene rings is 3. The SMILES string of the molecule is CC(=O)OC(OC(C)=O)c1c(O)c(F)c(F)c2c1Oc1cc(O)ccc1C21OC(=O)c2ccccc21. The molecule has 3 aromatic carbocycles. The summed E-state index contributed by atoms with van der Waals surface area (Å²) in [5.41, 5.74) is -3.34. The van der Waals surface area contributed by atoms with Gasteiger partial charge in [0, 0.05) is 31.0 Å². The quantitative estimate of drug-likeness (QED) is 0.406. The Morgan fingerprint density at radius 1 is 0.972 bits per heavy atom. The number of esters is 3. The van der Waals surface area contributed by atoms with Crippen LogP contribution < -0.4 is 4.74 Å². The van der Waals surface area contributed by atoms with Crippen LogP contribution in [0.25, 0.3) is 0 Å². The summed E-state index contributed by atoms with van der Waals surface area (Å²) in [4.78, 5) is 36.3. The van der Waals surface area contributed by atoms with Gasteiger partial charge >= 0.3 is 17.9 Å². The van der Waals surface area contributed by atoms with Crippen molar-refractivity contribution < 1.29 is 52.3 Å². The molecule has 36 heavy (non-hydrogen) atoms. The van der Waals surface area contributed by atoms with Gasteiger partial charge in [-0.25, -0.2) is 9.18 Å². The maximum atomic E-state index is 15.7. The lowest BCUT2D eigenvalue weighted by atomic mass is 9.76. The summed E-state index contributed by atoms with van der Waals surface area (Å²) in [7, 11) is 0. The van der Waals surface area contributed by atoms with Gasteiger partial charge in [-0.2, -0.15) is 4.39 Å². The van der Waals surface area contributed by atoms with Crippen LogP contribution in [0.5, 0.6) is 23.0 Å². The molecule has 184 valence electrons. The summed E-state index contributed by atoms with van der Waals surface area (Å²) in [6, 6.07) is 9.66. The molecule has 5 rings (SSSR count). The molecule has 2 N–H and O–H groups in total. The monoisotopic (exact) mass is 498 g/mol. The number of carbonyl (C=O) groups is 3. The van der Waals surface area contributed by atoms with Crippen LogP contribution in [0.15, 0.2) is 42.5 Å².